The Labute approximate surface area is 161 Å². The molecule has 8 heteroatoms. The van der Waals surface area contributed by atoms with E-state index in [-0.39, 0.29) is 12.5 Å². The maximum atomic E-state index is 12.3. The molecule has 7 nitrogen and oxygen atoms in total. The van der Waals surface area contributed by atoms with Crippen LogP contribution in [0.1, 0.15) is 18.4 Å². The molecular formula is C19H21N3O4S. The second-order valence-electron chi connectivity index (χ2n) is 6.63. The Hall–Kier alpha value is -2.58. The minimum atomic E-state index is -0.553. The molecular weight excluding hydrogens is 366 g/mol. The van der Waals surface area contributed by atoms with Crippen molar-refractivity contribution in [2.75, 3.05) is 25.1 Å². The molecule has 142 valence electrons. The number of hydrogen-bond acceptors (Lipinski definition) is 6. The zero-order valence-corrected chi connectivity index (χ0v) is 15.6. The van der Waals surface area contributed by atoms with Crippen LogP contribution in [0.5, 0.6) is 11.5 Å². The topological polar surface area (TPSA) is 79.9 Å². The lowest BCUT2D eigenvalue weighted by Gasteiger charge is -2.21. The van der Waals surface area contributed by atoms with E-state index in [9.17, 15) is 9.59 Å². The third-order valence-corrected chi connectivity index (χ3v) is 5.16. The molecule has 0 saturated heterocycles. The number of rotatable bonds is 6. The number of thiophene rings is 1. The van der Waals surface area contributed by atoms with Gasteiger partial charge < -0.3 is 14.8 Å². The summed E-state index contributed by atoms with van der Waals surface area (Å²) in [6, 6.07) is 7.07. The number of ether oxygens (including phenoxy) is 2. The Bertz CT molecular complexity index is 820. The van der Waals surface area contributed by atoms with Crippen LogP contribution >= 0.6 is 11.3 Å². The zero-order chi connectivity index (χ0) is 18.6. The average molecular weight is 387 g/mol. The van der Waals surface area contributed by atoms with Crippen LogP contribution in [0, 0.1) is 0 Å². The van der Waals surface area contributed by atoms with E-state index < -0.39 is 6.03 Å². The van der Waals surface area contributed by atoms with Gasteiger partial charge in [0.1, 0.15) is 13.2 Å². The molecule has 1 fully saturated rings. The fraction of sp³-hybridized carbons (Fsp3) is 0.368. The van der Waals surface area contributed by atoms with E-state index in [0.29, 0.717) is 36.4 Å². The number of carbonyl (C=O) groups excluding carboxylic acids is 2. The van der Waals surface area contributed by atoms with E-state index in [1.54, 1.807) is 29.5 Å². The van der Waals surface area contributed by atoms with Crippen molar-refractivity contribution < 1.29 is 19.1 Å². The number of fused-ring (bicyclic) bond motifs is 1. The average Bonchev–Trinajstić information content (AvgIpc) is 3.38. The van der Waals surface area contributed by atoms with Gasteiger partial charge in [-0.1, -0.05) is 0 Å². The Balaban J connectivity index is 1.30. The molecule has 1 aliphatic heterocycles. The molecule has 1 aromatic carbocycles. The monoisotopic (exact) mass is 387 g/mol. The summed E-state index contributed by atoms with van der Waals surface area (Å²) in [5.41, 5.74) is 1.74. The predicted octanol–water partition coefficient (Wildman–Crippen LogP) is 2.83. The molecule has 0 bridgehead atoms. The molecule has 2 aliphatic rings. The lowest BCUT2D eigenvalue weighted by molar-refractivity contribution is -0.121. The molecule has 0 spiro atoms. The smallest absolute Gasteiger partial charge is 0.325 e. The summed E-state index contributed by atoms with van der Waals surface area (Å²) < 4.78 is 10.9. The molecule has 0 radical (unpaired) electrons. The van der Waals surface area contributed by atoms with Gasteiger partial charge in [0.05, 0.1) is 6.54 Å². The Morgan fingerprint density at radius 3 is 2.70 bits per heavy atom. The first-order valence-electron chi connectivity index (χ1n) is 8.93. The van der Waals surface area contributed by atoms with Crippen LogP contribution in [0.3, 0.4) is 0 Å². The number of hydrogen-bond donors (Lipinski definition) is 2. The maximum Gasteiger partial charge on any atom is 0.325 e. The van der Waals surface area contributed by atoms with E-state index >= 15 is 0 Å². The summed E-state index contributed by atoms with van der Waals surface area (Å²) in [5.74, 6) is 0.921. The number of benzene rings is 1. The van der Waals surface area contributed by atoms with Crippen LogP contribution in [0.4, 0.5) is 10.5 Å². The minimum Gasteiger partial charge on any atom is -0.486 e. The number of anilines is 1. The first-order chi connectivity index (χ1) is 13.2. The number of urea groups is 1. The van der Waals surface area contributed by atoms with Gasteiger partial charge in [-0.15, -0.1) is 0 Å². The molecule has 2 aromatic rings. The van der Waals surface area contributed by atoms with Gasteiger partial charge in [-0.05, 0) is 47.4 Å². The summed E-state index contributed by atoms with van der Waals surface area (Å²) in [6.45, 7) is 1.92. The summed E-state index contributed by atoms with van der Waals surface area (Å²) in [4.78, 5) is 26.6. The van der Waals surface area contributed by atoms with Crippen molar-refractivity contribution in [2.24, 2.45) is 0 Å². The quantitative estimate of drug-likeness (QED) is 0.797. The molecule has 27 heavy (non-hydrogen) atoms. The first-order valence-corrected chi connectivity index (χ1v) is 9.87. The van der Waals surface area contributed by atoms with E-state index in [2.05, 4.69) is 27.0 Å². The highest BCUT2D eigenvalue weighted by atomic mass is 32.1. The van der Waals surface area contributed by atoms with Crippen molar-refractivity contribution >= 4 is 29.0 Å². The predicted molar refractivity (Wildman–Crippen MR) is 102 cm³/mol. The number of imide groups is 1. The van der Waals surface area contributed by atoms with Crippen LogP contribution in [-0.2, 0) is 11.3 Å². The molecule has 1 aliphatic carbocycles. The lowest BCUT2D eigenvalue weighted by atomic mass is 10.2. The number of amides is 3. The van der Waals surface area contributed by atoms with Crippen LogP contribution in [-0.4, -0.2) is 42.6 Å². The summed E-state index contributed by atoms with van der Waals surface area (Å²) in [6.07, 6.45) is 2.20. The normalized spacial score (nSPS) is 15.4. The molecule has 4 rings (SSSR count). The van der Waals surface area contributed by atoms with E-state index in [1.165, 1.54) is 5.56 Å². The van der Waals surface area contributed by atoms with Crippen molar-refractivity contribution in [3.8, 4) is 11.5 Å². The van der Waals surface area contributed by atoms with E-state index in [1.807, 2.05) is 5.38 Å². The molecule has 2 heterocycles. The Morgan fingerprint density at radius 1 is 1.15 bits per heavy atom. The van der Waals surface area contributed by atoms with Crippen molar-refractivity contribution in [1.82, 2.24) is 10.2 Å². The van der Waals surface area contributed by atoms with Crippen LogP contribution in [0.25, 0.3) is 0 Å². The van der Waals surface area contributed by atoms with E-state index in [4.69, 9.17) is 9.47 Å². The van der Waals surface area contributed by atoms with Gasteiger partial charge in [0.25, 0.3) is 0 Å². The van der Waals surface area contributed by atoms with Crippen LogP contribution in [0.15, 0.2) is 35.0 Å². The van der Waals surface area contributed by atoms with Gasteiger partial charge in [0.15, 0.2) is 11.5 Å². The van der Waals surface area contributed by atoms with Gasteiger partial charge in [0, 0.05) is 24.3 Å². The molecule has 2 N–H and O–H groups in total. The summed E-state index contributed by atoms with van der Waals surface area (Å²) in [5, 5.41) is 9.18. The molecule has 1 saturated carbocycles. The number of carbonyl (C=O) groups is 2. The third-order valence-electron chi connectivity index (χ3n) is 4.43. The Kier molecular flexibility index (Phi) is 5.26. The van der Waals surface area contributed by atoms with Gasteiger partial charge in [-0.2, -0.15) is 11.3 Å². The number of nitrogens with zero attached hydrogens (tertiary/aromatic N) is 1. The Morgan fingerprint density at radius 2 is 1.96 bits per heavy atom. The maximum absolute atomic E-state index is 12.3. The second kappa shape index (κ2) is 7.98. The van der Waals surface area contributed by atoms with Crippen LogP contribution < -0.4 is 20.1 Å². The van der Waals surface area contributed by atoms with Crippen molar-refractivity contribution in [2.45, 2.75) is 25.4 Å². The second-order valence-corrected chi connectivity index (χ2v) is 7.41. The highest BCUT2D eigenvalue weighted by Crippen LogP contribution is 2.32. The van der Waals surface area contributed by atoms with Gasteiger partial charge in [0.2, 0.25) is 5.91 Å². The van der Waals surface area contributed by atoms with Crippen molar-refractivity contribution in [3.05, 3.63) is 40.6 Å². The highest BCUT2D eigenvalue weighted by Gasteiger charge is 2.30. The van der Waals surface area contributed by atoms with Gasteiger partial charge in [-0.25, -0.2) is 4.79 Å². The fourth-order valence-electron chi connectivity index (χ4n) is 3.00. The summed E-state index contributed by atoms with van der Waals surface area (Å²) >= 11 is 1.64. The summed E-state index contributed by atoms with van der Waals surface area (Å²) in [7, 11) is 0. The van der Waals surface area contributed by atoms with Gasteiger partial charge >= 0.3 is 6.03 Å². The first kappa shape index (κ1) is 17.8. The van der Waals surface area contributed by atoms with Crippen molar-refractivity contribution in [1.29, 1.82) is 0 Å². The highest BCUT2D eigenvalue weighted by molar-refractivity contribution is 7.07. The minimum absolute atomic E-state index is 0.203. The van der Waals surface area contributed by atoms with Gasteiger partial charge in [-0.3, -0.25) is 15.0 Å². The standard InChI is InChI=1S/C19H21N3O4S/c23-18(11-22(15-2-3-15)10-13-5-8-27-12-13)21-19(24)20-14-1-4-16-17(9-14)26-7-6-25-16/h1,4-5,8-9,12,15H,2-3,6-7,10-11H2,(H2,20,21,23,24). The molecule has 0 atom stereocenters. The lowest BCUT2D eigenvalue weighted by Crippen LogP contribution is -2.42. The SMILES string of the molecule is O=C(CN(Cc1ccsc1)C1CC1)NC(=O)Nc1ccc2c(c1)OCCO2. The molecule has 0 unspecified atom stereocenters. The molecule has 1 aromatic heterocycles. The van der Waals surface area contributed by atoms with Crippen molar-refractivity contribution in [3.63, 3.8) is 0 Å². The fourth-order valence-corrected chi connectivity index (χ4v) is 3.66. The zero-order valence-electron chi connectivity index (χ0n) is 14.8. The third kappa shape index (κ3) is 4.78. The largest absolute Gasteiger partial charge is 0.486 e. The van der Waals surface area contributed by atoms with Crippen LogP contribution in [0.2, 0.25) is 0 Å². The van der Waals surface area contributed by atoms with E-state index in [0.717, 1.165) is 19.4 Å². The number of nitrogens with one attached hydrogen (secondary N) is 2. The molecule has 3 amide bonds.